The van der Waals surface area contributed by atoms with Crippen LogP contribution in [0.3, 0.4) is 0 Å². The van der Waals surface area contributed by atoms with Gasteiger partial charge in [0.05, 0.1) is 15.7 Å². The van der Waals surface area contributed by atoms with E-state index < -0.39 is 11.4 Å². The van der Waals surface area contributed by atoms with Crippen molar-refractivity contribution in [3.05, 3.63) is 79.6 Å². The number of aromatic carboxylic acids is 1. The summed E-state index contributed by atoms with van der Waals surface area (Å²) in [6.07, 6.45) is 0. The minimum atomic E-state index is -1.28. The number of pyridine rings is 1. The molecule has 0 bridgehead atoms. The molecular weight excluding hydrogens is 433 g/mol. The van der Waals surface area contributed by atoms with Crippen LogP contribution in [0.5, 0.6) is 0 Å². The number of benzene rings is 2. The molecule has 0 saturated heterocycles. The van der Waals surface area contributed by atoms with E-state index in [0.29, 0.717) is 44.7 Å². The quantitative estimate of drug-likeness (QED) is 0.467. The summed E-state index contributed by atoms with van der Waals surface area (Å²) in [4.78, 5) is 25.7. The summed E-state index contributed by atoms with van der Waals surface area (Å²) < 4.78 is 1.84. The van der Waals surface area contributed by atoms with E-state index in [1.807, 2.05) is 42.7 Å². The van der Waals surface area contributed by atoms with Crippen molar-refractivity contribution in [1.82, 2.24) is 4.57 Å². The molecule has 31 heavy (non-hydrogen) atoms. The highest BCUT2D eigenvalue weighted by Crippen LogP contribution is 2.33. The molecule has 0 fully saturated rings. The molecule has 0 aliphatic heterocycles. The highest BCUT2D eigenvalue weighted by Gasteiger charge is 2.26. The van der Waals surface area contributed by atoms with Crippen molar-refractivity contribution in [2.75, 3.05) is 0 Å². The van der Waals surface area contributed by atoms with Crippen LogP contribution in [0.2, 0.25) is 10.0 Å². The van der Waals surface area contributed by atoms with Gasteiger partial charge in [0.15, 0.2) is 0 Å². The zero-order valence-electron chi connectivity index (χ0n) is 18.2. The van der Waals surface area contributed by atoms with Crippen LogP contribution in [0.1, 0.15) is 49.3 Å². The molecule has 1 N–H and O–H groups in total. The second kappa shape index (κ2) is 8.52. The molecule has 4 nitrogen and oxygen atoms in total. The Balaban J connectivity index is 2.36. The smallest absolute Gasteiger partial charge is 0.341 e. The fourth-order valence-corrected chi connectivity index (χ4v) is 4.15. The highest BCUT2D eigenvalue weighted by atomic mass is 35.5. The van der Waals surface area contributed by atoms with Crippen LogP contribution in [-0.4, -0.2) is 15.6 Å². The summed E-state index contributed by atoms with van der Waals surface area (Å²) in [6, 6.07) is 12.6. The van der Waals surface area contributed by atoms with Gasteiger partial charge >= 0.3 is 5.97 Å². The van der Waals surface area contributed by atoms with Gasteiger partial charge in [0, 0.05) is 23.4 Å². The minimum absolute atomic E-state index is 0.0267. The molecule has 6 heteroatoms. The Hall–Kier alpha value is -2.56. The first-order chi connectivity index (χ1) is 14.5. The van der Waals surface area contributed by atoms with Crippen LogP contribution < -0.4 is 5.43 Å². The third-order valence-electron chi connectivity index (χ3n) is 5.49. The van der Waals surface area contributed by atoms with Crippen molar-refractivity contribution < 1.29 is 9.90 Å². The Morgan fingerprint density at radius 1 is 1.00 bits per heavy atom. The number of hydrogen-bond acceptors (Lipinski definition) is 2. The number of aromatic nitrogens is 1. The number of rotatable bonds is 4. The van der Waals surface area contributed by atoms with E-state index in [4.69, 9.17) is 23.2 Å². The molecule has 3 aromatic rings. The molecular formula is C25H25Cl2NO3. The maximum Gasteiger partial charge on any atom is 0.341 e. The Bertz CT molecular complexity index is 1220. The Kier molecular flexibility index (Phi) is 6.35. The van der Waals surface area contributed by atoms with Crippen LogP contribution in [0.4, 0.5) is 0 Å². The zero-order valence-corrected chi connectivity index (χ0v) is 19.7. The summed E-state index contributed by atoms with van der Waals surface area (Å²) in [5.74, 6) is -1.28. The van der Waals surface area contributed by atoms with Crippen molar-refractivity contribution in [2.45, 2.75) is 46.6 Å². The molecule has 2 aromatic carbocycles. The topological polar surface area (TPSA) is 59.3 Å². The first kappa shape index (κ1) is 23.1. The molecule has 0 unspecified atom stereocenters. The van der Waals surface area contributed by atoms with E-state index in [1.165, 1.54) is 0 Å². The van der Waals surface area contributed by atoms with Crippen molar-refractivity contribution in [1.29, 1.82) is 0 Å². The summed E-state index contributed by atoms with van der Waals surface area (Å²) in [7, 11) is 0. The van der Waals surface area contributed by atoms with Crippen LogP contribution in [0, 0.1) is 6.92 Å². The second-order valence-corrected chi connectivity index (χ2v) is 9.33. The monoisotopic (exact) mass is 457 g/mol. The van der Waals surface area contributed by atoms with Gasteiger partial charge in [-0.1, -0.05) is 74.3 Å². The molecule has 0 saturated carbocycles. The van der Waals surface area contributed by atoms with Crippen LogP contribution in [0.15, 0.2) is 47.3 Å². The summed E-state index contributed by atoms with van der Waals surface area (Å²) in [6.45, 7) is 10.6. The van der Waals surface area contributed by atoms with E-state index in [2.05, 4.69) is 20.8 Å². The lowest BCUT2D eigenvalue weighted by Crippen LogP contribution is -2.25. The summed E-state index contributed by atoms with van der Waals surface area (Å²) in [5.41, 5.74) is 2.96. The number of carbonyl (C=O) groups is 1. The lowest BCUT2D eigenvalue weighted by atomic mass is 9.86. The molecule has 162 valence electrons. The molecule has 0 amide bonds. The van der Waals surface area contributed by atoms with Gasteiger partial charge in [0.25, 0.3) is 0 Å². The molecule has 0 radical (unpaired) electrons. The first-order valence-corrected chi connectivity index (χ1v) is 10.8. The number of carboxylic acids is 1. The lowest BCUT2D eigenvalue weighted by molar-refractivity contribution is 0.0695. The predicted molar refractivity (Wildman–Crippen MR) is 128 cm³/mol. The first-order valence-electron chi connectivity index (χ1n) is 10.0. The van der Waals surface area contributed by atoms with Crippen LogP contribution in [-0.2, 0) is 12.0 Å². The van der Waals surface area contributed by atoms with E-state index in [-0.39, 0.29) is 11.0 Å². The SMILES string of the molecule is CCn1c(C)c(-c2ccc(C(C)(C)C)cc2)c(=O)c(C(=O)O)c1-c1ccc(Cl)c(Cl)c1. The van der Waals surface area contributed by atoms with Gasteiger partial charge in [-0.2, -0.15) is 0 Å². The average Bonchev–Trinajstić information content (AvgIpc) is 2.69. The standard InChI is InChI=1S/C25H25Cl2NO3/c1-6-28-14(2)20(15-7-10-17(11-8-15)25(3,4)5)23(29)21(24(30)31)22(28)16-9-12-18(26)19(27)13-16/h7-13H,6H2,1-5H3,(H,30,31). The summed E-state index contributed by atoms with van der Waals surface area (Å²) >= 11 is 12.2. The van der Waals surface area contributed by atoms with E-state index in [9.17, 15) is 14.7 Å². The fraction of sp³-hybridized carbons (Fsp3) is 0.280. The fourth-order valence-electron chi connectivity index (χ4n) is 3.85. The van der Waals surface area contributed by atoms with Crippen LogP contribution >= 0.6 is 23.2 Å². The number of halogens is 2. The third-order valence-corrected chi connectivity index (χ3v) is 6.23. The zero-order chi connectivity index (χ0) is 23.1. The summed E-state index contributed by atoms with van der Waals surface area (Å²) in [5, 5.41) is 10.6. The molecule has 1 aromatic heterocycles. The second-order valence-electron chi connectivity index (χ2n) is 8.52. The van der Waals surface area contributed by atoms with Crippen molar-refractivity contribution >= 4 is 29.2 Å². The minimum Gasteiger partial charge on any atom is -0.477 e. The Morgan fingerprint density at radius 3 is 2.06 bits per heavy atom. The van der Waals surface area contributed by atoms with E-state index >= 15 is 0 Å². The highest BCUT2D eigenvalue weighted by molar-refractivity contribution is 6.42. The Morgan fingerprint density at radius 2 is 1.58 bits per heavy atom. The van der Waals surface area contributed by atoms with Crippen LogP contribution in [0.25, 0.3) is 22.4 Å². The molecule has 0 atom stereocenters. The largest absolute Gasteiger partial charge is 0.477 e. The number of hydrogen-bond donors (Lipinski definition) is 1. The van der Waals surface area contributed by atoms with Crippen molar-refractivity contribution in [3.8, 4) is 22.4 Å². The van der Waals surface area contributed by atoms with Gasteiger partial charge in [-0.3, -0.25) is 4.79 Å². The lowest BCUT2D eigenvalue weighted by Gasteiger charge is -2.22. The van der Waals surface area contributed by atoms with Gasteiger partial charge in [0.2, 0.25) is 5.43 Å². The van der Waals surface area contributed by atoms with Gasteiger partial charge < -0.3 is 9.67 Å². The number of carboxylic acid groups (broad SMARTS) is 1. The maximum absolute atomic E-state index is 13.5. The molecule has 0 spiro atoms. The molecule has 0 aliphatic carbocycles. The molecule has 0 aliphatic rings. The van der Waals surface area contributed by atoms with E-state index in [0.717, 1.165) is 5.56 Å². The average molecular weight is 458 g/mol. The van der Waals surface area contributed by atoms with Crippen molar-refractivity contribution in [2.24, 2.45) is 0 Å². The van der Waals surface area contributed by atoms with Gasteiger partial charge in [-0.05, 0) is 42.5 Å². The normalized spacial score (nSPS) is 11.6. The van der Waals surface area contributed by atoms with Gasteiger partial charge in [-0.15, -0.1) is 0 Å². The van der Waals surface area contributed by atoms with E-state index in [1.54, 1.807) is 18.2 Å². The third kappa shape index (κ3) is 4.28. The molecule has 3 rings (SSSR count). The van der Waals surface area contributed by atoms with Gasteiger partial charge in [-0.25, -0.2) is 4.79 Å². The maximum atomic E-state index is 13.5. The molecule has 1 heterocycles. The predicted octanol–water partition coefficient (Wildman–Crippen LogP) is 6.81. The Labute approximate surface area is 192 Å². The van der Waals surface area contributed by atoms with Gasteiger partial charge in [0.1, 0.15) is 5.56 Å². The van der Waals surface area contributed by atoms with Crippen molar-refractivity contribution in [3.63, 3.8) is 0 Å². The number of nitrogens with zero attached hydrogens (tertiary/aromatic N) is 1.